The van der Waals surface area contributed by atoms with Gasteiger partial charge < -0.3 is 13.4 Å². The Labute approximate surface area is 325 Å². The zero-order chi connectivity index (χ0) is 37.5. The molecular formula is C51H30N4O2. The summed E-state index contributed by atoms with van der Waals surface area (Å²) in [6.45, 7) is 0. The van der Waals surface area contributed by atoms with Crippen molar-refractivity contribution < 1.29 is 8.83 Å². The fourth-order valence-electron chi connectivity index (χ4n) is 8.46. The van der Waals surface area contributed by atoms with Crippen molar-refractivity contribution in [2.24, 2.45) is 0 Å². The molecule has 6 nitrogen and oxygen atoms in total. The topological polar surface area (TPSA) is 69.9 Å². The van der Waals surface area contributed by atoms with E-state index in [1.54, 1.807) is 0 Å². The van der Waals surface area contributed by atoms with Crippen LogP contribution in [-0.4, -0.2) is 19.5 Å². The number of hydrogen-bond donors (Lipinski definition) is 0. The van der Waals surface area contributed by atoms with Gasteiger partial charge in [-0.15, -0.1) is 0 Å². The lowest BCUT2D eigenvalue weighted by atomic mass is 10.0. The molecule has 4 aromatic heterocycles. The fraction of sp³-hybridized carbons (Fsp3) is 0. The molecule has 0 bridgehead atoms. The molecular weight excluding hydrogens is 701 g/mol. The molecule has 0 atom stereocenters. The van der Waals surface area contributed by atoms with Crippen molar-refractivity contribution in [1.82, 2.24) is 19.5 Å². The van der Waals surface area contributed by atoms with Crippen LogP contribution >= 0.6 is 0 Å². The summed E-state index contributed by atoms with van der Waals surface area (Å²) in [6.07, 6.45) is 0. The van der Waals surface area contributed by atoms with Crippen LogP contribution in [0.1, 0.15) is 0 Å². The third-order valence-electron chi connectivity index (χ3n) is 11.1. The molecule has 266 valence electrons. The van der Waals surface area contributed by atoms with Crippen LogP contribution in [0.25, 0.3) is 117 Å². The van der Waals surface area contributed by atoms with Crippen molar-refractivity contribution >= 4 is 65.7 Å². The lowest BCUT2D eigenvalue weighted by molar-refractivity contribution is 0.665. The normalized spacial score (nSPS) is 11.9. The number of rotatable bonds is 5. The predicted molar refractivity (Wildman–Crippen MR) is 230 cm³/mol. The van der Waals surface area contributed by atoms with E-state index in [0.717, 1.165) is 99.2 Å². The van der Waals surface area contributed by atoms with Gasteiger partial charge in [0.05, 0.1) is 16.7 Å². The number of benzene rings is 8. The van der Waals surface area contributed by atoms with Gasteiger partial charge in [-0.25, -0.2) is 15.0 Å². The van der Waals surface area contributed by atoms with E-state index in [0.29, 0.717) is 17.5 Å². The Morgan fingerprint density at radius 2 is 0.912 bits per heavy atom. The number of furan rings is 2. The molecule has 0 aliphatic rings. The second-order valence-electron chi connectivity index (χ2n) is 14.3. The Morgan fingerprint density at radius 3 is 1.72 bits per heavy atom. The van der Waals surface area contributed by atoms with Crippen LogP contribution in [0.5, 0.6) is 0 Å². The molecule has 0 radical (unpaired) electrons. The third kappa shape index (κ3) is 4.87. The second kappa shape index (κ2) is 12.3. The molecule has 8 aromatic carbocycles. The molecule has 0 aliphatic heterocycles. The lowest BCUT2D eigenvalue weighted by Crippen LogP contribution is -2.00. The van der Waals surface area contributed by atoms with Crippen molar-refractivity contribution in [2.45, 2.75) is 0 Å². The minimum atomic E-state index is 0.575. The highest BCUT2D eigenvalue weighted by Gasteiger charge is 2.23. The minimum absolute atomic E-state index is 0.575. The van der Waals surface area contributed by atoms with E-state index in [2.05, 4.69) is 126 Å². The highest BCUT2D eigenvalue weighted by molar-refractivity contribution is 6.22. The van der Waals surface area contributed by atoms with Crippen molar-refractivity contribution in [2.75, 3.05) is 0 Å². The molecule has 6 heteroatoms. The van der Waals surface area contributed by atoms with Gasteiger partial charge in [0.25, 0.3) is 0 Å². The summed E-state index contributed by atoms with van der Waals surface area (Å²) in [6, 6.07) is 62.5. The first kappa shape index (κ1) is 31.5. The molecule has 0 N–H and O–H groups in total. The zero-order valence-electron chi connectivity index (χ0n) is 30.4. The quantitative estimate of drug-likeness (QED) is 0.176. The van der Waals surface area contributed by atoms with E-state index in [-0.39, 0.29) is 0 Å². The first-order valence-electron chi connectivity index (χ1n) is 19.0. The Hall–Kier alpha value is -7.83. The number of para-hydroxylation sites is 3. The van der Waals surface area contributed by atoms with Crippen molar-refractivity contribution in [1.29, 1.82) is 0 Å². The van der Waals surface area contributed by atoms with Gasteiger partial charge in [0.2, 0.25) is 0 Å². The van der Waals surface area contributed by atoms with Crippen LogP contribution in [-0.2, 0) is 0 Å². The van der Waals surface area contributed by atoms with Crippen LogP contribution in [0.15, 0.2) is 191 Å². The van der Waals surface area contributed by atoms with Gasteiger partial charge in [0.1, 0.15) is 11.2 Å². The third-order valence-corrected chi connectivity index (χ3v) is 11.1. The lowest BCUT2D eigenvalue weighted by Gasteiger charge is -2.10. The van der Waals surface area contributed by atoms with E-state index >= 15 is 0 Å². The van der Waals surface area contributed by atoms with E-state index in [1.165, 1.54) is 0 Å². The van der Waals surface area contributed by atoms with E-state index in [9.17, 15) is 0 Å². The summed E-state index contributed by atoms with van der Waals surface area (Å²) < 4.78 is 15.9. The monoisotopic (exact) mass is 730 g/mol. The molecule has 12 aromatic rings. The molecule has 0 spiro atoms. The van der Waals surface area contributed by atoms with E-state index in [4.69, 9.17) is 23.8 Å². The second-order valence-corrected chi connectivity index (χ2v) is 14.3. The average molecular weight is 731 g/mol. The van der Waals surface area contributed by atoms with Gasteiger partial charge in [0.15, 0.2) is 28.6 Å². The van der Waals surface area contributed by atoms with Gasteiger partial charge in [0, 0.05) is 49.0 Å². The summed E-state index contributed by atoms with van der Waals surface area (Å²) in [7, 11) is 0. The predicted octanol–water partition coefficient (Wildman–Crippen LogP) is 13.4. The smallest absolute Gasteiger partial charge is 0.164 e. The molecule has 12 rings (SSSR count). The standard InChI is InChI=1S/C51H30N4O2/c1-3-13-31(14-4-1)32-25-27-34(28-26-32)50-52-49(33-15-5-2-6-16-33)53-51(54-50)40-20-12-24-44-45(40)39-19-11-22-42(47(39)57-44)55-41-21-9-7-17-35(41)37-29-30-38-36-18-8-10-23-43(36)56-48(38)46(37)55/h1-30H. The van der Waals surface area contributed by atoms with Crippen LogP contribution in [0.4, 0.5) is 0 Å². The van der Waals surface area contributed by atoms with Crippen molar-refractivity contribution in [3.63, 3.8) is 0 Å². The van der Waals surface area contributed by atoms with E-state index < -0.39 is 0 Å². The summed E-state index contributed by atoms with van der Waals surface area (Å²) >= 11 is 0. The summed E-state index contributed by atoms with van der Waals surface area (Å²) in [5.74, 6) is 1.78. The average Bonchev–Trinajstić information content (AvgIpc) is 3.97. The highest BCUT2D eigenvalue weighted by Crippen LogP contribution is 2.44. The van der Waals surface area contributed by atoms with Gasteiger partial charge in [-0.1, -0.05) is 152 Å². The molecule has 0 unspecified atom stereocenters. The van der Waals surface area contributed by atoms with Gasteiger partial charge in [-0.3, -0.25) is 0 Å². The Bertz CT molecular complexity index is 3510. The van der Waals surface area contributed by atoms with Crippen LogP contribution in [0, 0.1) is 0 Å². The largest absolute Gasteiger partial charge is 0.454 e. The van der Waals surface area contributed by atoms with Crippen LogP contribution < -0.4 is 0 Å². The van der Waals surface area contributed by atoms with E-state index in [1.807, 2.05) is 60.7 Å². The Kier molecular flexibility index (Phi) is 6.83. The summed E-state index contributed by atoms with van der Waals surface area (Å²) in [5.41, 5.74) is 11.2. The highest BCUT2D eigenvalue weighted by atomic mass is 16.3. The number of hydrogen-bond acceptors (Lipinski definition) is 5. The summed E-state index contributed by atoms with van der Waals surface area (Å²) in [4.78, 5) is 15.3. The van der Waals surface area contributed by atoms with Gasteiger partial charge >= 0.3 is 0 Å². The van der Waals surface area contributed by atoms with Gasteiger partial charge in [-0.05, 0) is 41.5 Å². The number of nitrogens with zero attached hydrogens (tertiary/aromatic N) is 4. The maximum atomic E-state index is 6.90. The Morgan fingerprint density at radius 1 is 0.351 bits per heavy atom. The van der Waals surface area contributed by atoms with Crippen molar-refractivity contribution in [3.8, 4) is 51.0 Å². The maximum Gasteiger partial charge on any atom is 0.164 e. The fourth-order valence-corrected chi connectivity index (χ4v) is 8.46. The minimum Gasteiger partial charge on any atom is -0.454 e. The SMILES string of the molecule is c1ccc(-c2ccc(-c3nc(-c4ccccc4)nc(-c4cccc5oc6c(-n7c8ccccc8c8ccc9c%10ccccc%10oc9c87)cccc6c45)n3)cc2)cc1. The van der Waals surface area contributed by atoms with Crippen molar-refractivity contribution in [3.05, 3.63) is 182 Å². The molecule has 0 aliphatic carbocycles. The molecule has 0 saturated carbocycles. The van der Waals surface area contributed by atoms with Gasteiger partial charge in [-0.2, -0.15) is 0 Å². The first-order valence-corrected chi connectivity index (χ1v) is 19.0. The molecule has 4 heterocycles. The number of aromatic nitrogens is 4. The first-order chi connectivity index (χ1) is 28.3. The molecule has 0 saturated heterocycles. The zero-order valence-corrected chi connectivity index (χ0v) is 30.4. The molecule has 57 heavy (non-hydrogen) atoms. The molecule has 0 fully saturated rings. The number of fused-ring (bicyclic) bond motifs is 10. The summed E-state index contributed by atoms with van der Waals surface area (Å²) in [5, 5.41) is 6.35. The molecule has 0 amide bonds. The maximum absolute atomic E-state index is 6.90. The van der Waals surface area contributed by atoms with Crippen LogP contribution in [0.3, 0.4) is 0 Å². The van der Waals surface area contributed by atoms with Crippen LogP contribution in [0.2, 0.25) is 0 Å². The Balaban J connectivity index is 1.09.